The molecule has 0 saturated carbocycles. The number of hydrazine groups is 1. The predicted octanol–water partition coefficient (Wildman–Crippen LogP) is 1.89. The standard InChI is InChI=1S/C22H26N4O4/c1-3-22(17-10-6-4-7-11-17)20(28)26(21(29)23-22)24-19(27)16-25(2)14-15-30-18-12-8-5-9-13-18/h4-13H,3,14-16H2,1-2H3,(H,23,29)(H,24,27). The second kappa shape index (κ2) is 9.41. The minimum Gasteiger partial charge on any atom is -0.492 e. The van der Waals surface area contributed by atoms with Gasteiger partial charge in [-0.05, 0) is 31.2 Å². The van der Waals surface area contributed by atoms with E-state index in [1.807, 2.05) is 43.3 Å². The molecule has 30 heavy (non-hydrogen) atoms. The van der Waals surface area contributed by atoms with Crippen LogP contribution in [0.2, 0.25) is 0 Å². The number of urea groups is 1. The number of rotatable bonds is 9. The van der Waals surface area contributed by atoms with Gasteiger partial charge in [0.15, 0.2) is 0 Å². The van der Waals surface area contributed by atoms with Gasteiger partial charge in [-0.15, -0.1) is 0 Å². The summed E-state index contributed by atoms with van der Waals surface area (Å²) in [6, 6.07) is 17.8. The molecule has 1 heterocycles. The normalized spacial score (nSPS) is 18.4. The van der Waals surface area contributed by atoms with E-state index in [9.17, 15) is 14.4 Å². The monoisotopic (exact) mass is 410 g/mol. The van der Waals surface area contributed by atoms with Gasteiger partial charge in [-0.3, -0.25) is 19.9 Å². The van der Waals surface area contributed by atoms with E-state index >= 15 is 0 Å². The van der Waals surface area contributed by atoms with Crippen LogP contribution in [0.5, 0.6) is 5.75 Å². The second-order valence-electron chi connectivity index (χ2n) is 7.13. The number of carbonyl (C=O) groups excluding carboxylic acids is 3. The SMILES string of the molecule is CCC1(c2ccccc2)NC(=O)N(NC(=O)CN(C)CCOc2ccccc2)C1=O. The Hall–Kier alpha value is -3.39. The molecule has 1 atom stereocenters. The van der Waals surface area contributed by atoms with Gasteiger partial charge in [0.1, 0.15) is 17.9 Å². The molecule has 1 fully saturated rings. The maximum absolute atomic E-state index is 13.0. The van der Waals surface area contributed by atoms with Crippen molar-refractivity contribution in [2.75, 3.05) is 26.7 Å². The molecule has 0 aromatic heterocycles. The molecular weight excluding hydrogens is 384 g/mol. The lowest BCUT2D eigenvalue weighted by molar-refractivity contribution is -0.139. The third-order valence-corrected chi connectivity index (χ3v) is 5.02. The Morgan fingerprint density at radius 1 is 1.10 bits per heavy atom. The minimum atomic E-state index is -1.18. The first-order valence-corrected chi connectivity index (χ1v) is 9.84. The topological polar surface area (TPSA) is 91.0 Å². The van der Waals surface area contributed by atoms with Gasteiger partial charge in [-0.2, -0.15) is 5.01 Å². The number of hydrogen-bond donors (Lipinski definition) is 2. The summed E-state index contributed by atoms with van der Waals surface area (Å²) in [4.78, 5) is 39.6. The van der Waals surface area contributed by atoms with Crippen LogP contribution in [0.15, 0.2) is 60.7 Å². The fourth-order valence-corrected chi connectivity index (χ4v) is 3.36. The number of ether oxygens (including phenoxy) is 1. The first-order chi connectivity index (χ1) is 14.5. The van der Waals surface area contributed by atoms with E-state index in [-0.39, 0.29) is 6.54 Å². The van der Waals surface area contributed by atoms with E-state index in [1.165, 1.54) is 0 Å². The molecule has 1 unspecified atom stereocenters. The summed E-state index contributed by atoms with van der Waals surface area (Å²) in [6.07, 6.45) is 0.366. The molecule has 0 aliphatic carbocycles. The Morgan fingerprint density at radius 3 is 2.37 bits per heavy atom. The van der Waals surface area contributed by atoms with Crippen LogP contribution in [0.25, 0.3) is 0 Å². The van der Waals surface area contributed by atoms with Crippen molar-refractivity contribution in [2.24, 2.45) is 0 Å². The van der Waals surface area contributed by atoms with Crippen molar-refractivity contribution >= 4 is 17.8 Å². The van der Waals surface area contributed by atoms with Gasteiger partial charge in [-0.1, -0.05) is 55.5 Å². The Labute approximate surface area is 175 Å². The summed E-state index contributed by atoms with van der Waals surface area (Å²) in [7, 11) is 1.76. The summed E-state index contributed by atoms with van der Waals surface area (Å²) in [5.74, 6) is -0.197. The van der Waals surface area contributed by atoms with Crippen molar-refractivity contribution in [3.05, 3.63) is 66.2 Å². The van der Waals surface area contributed by atoms with E-state index in [0.29, 0.717) is 25.1 Å². The molecule has 0 spiro atoms. The van der Waals surface area contributed by atoms with Crippen LogP contribution in [0.1, 0.15) is 18.9 Å². The number of hydrogen-bond acceptors (Lipinski definition) is 5. The number of nitrogens with one attached hydrogen (secondary N) is 2. The Morgan fingerprint density at radius 2 is 1.73 bits per heavy atom. The third kappa shape index (κ3) is 4.60. The van der Waals surface area contributed by atoms with Crippen LogP contribution in [0.4, 0.5) is 4.79 Å². The number of carbonyl (C=O) groups is 3. The highest BCUT2D eigenvalue weighted by molar-refractivity contribution is 6.08. The number of imide groups is 1. The second-order valence-corrected chi connectivity index (χ2v) is 7.13. The fraction of sp³-hybridized carbons (Fsp3) is 0.318. The number of nitrogens with zero attached hydrogens (tertiary/aromatic N) is 2. The van der Waals surface area contributed by atoms with Gasteiger partial charge < -0.3 is 10.1 Å². The van der Waals surface area contributed by atoms with Crippen molar-refractivity contribution in [3.63, 3.8) is 0 Å². The molecule has 2 aromatic carbocycles. The van der Waals surface area contributed by atoms with Gasteiger partial charge in [0.05, 0.1) is 6.54 Å². The third-order valence-electron chi connectivity index (χ3n) is 5.02. The predicted molar refractivity (Wildman–Crippen MR) is 111 cm³/mol. The Bertz CT molecular complexity index is 891. The summed E-state index contributed by atoms with van der Waals surface area (Å²) in [6.45, 7) is 2.74. The van der Waals surface area contributed by atoms with Crippen LogP contribution < -0.4 is 15.5 Å². The van der Waals surface area contributed by atoms with Crippen LogP contribution in [0, 0.1) is 0 Å². The summed E-state index contributed by atoms with van der Waals surface area (Å²) >= 11 is 0. The van der Waals surface area contributed by atoms with E-state index in [0.717, 1.165) is 10.8 Å². The zero-order valence-electron chi connectivity index (χ0n) is 17.1. The number of para-hydroxylation sites is 1. The Balaban J connectivity index is 1.54. The number of likely N-dealkylation sites (N-methyl/N-ethyl adjacent to an activating group) is 1. The molecule has 1 aliphatic heterocycles. The molecule has 1 saturated heterocycles. The van der Waals surface area contributed by atoms with Crippen molar-refractivity contribution in [2.45, 2.75) is 18.9 Å². The summed E-state index contributed by atoms with van der Waals surface area (Å²) in [5.41, 5.74) is 1.93. The van der Waals surface area contributed by atoms with Crippen LogP contribution >= 0.6 is 0 Å². The zero-order chi connectivity index (χ0) is 21.6. The van der Waals surface area contributed by atoms with Crippen LogP contribution in [-0.4, -0.2) is 54.5 Å². The van der Waals surface area contributed by atoms with Crippen molar-refractivity contribution in [1.29, 1.82) is 0 Å². The molecule has 2 N–H and O–H groups in total. The van der Waals surface area contributed by atoms with Gasteiger partial charge in [-0.25, -0.2) is 4.79 Å². The fourth-order valence-electron chi connectivity index (χ4n) is 3.36. The summed E-state index contributed by atoms with van der Waals surface area (Å²) in [5, 5.41) is 3.50. The molecule has 158 valence electrons. The molecule has 8 heteroatoms. The van der Waals surface area contributed by atoms with Crippen LogP contribution in [-0.2, 0) is 15.1 Å². The molecule has 3 rings (SSSR count). The molecule has 1 aliphatic rings. The van der Waals surface area contributed by atoms with E-state index in [4.69, 9.17) is 4.74 Å². The van der Waals surface area contributed by atoms with Gasteiger partial charge >= 0.3 is 6.03 Å². The molecule has 2 aromatic rings. The number of amides is 4. The highest BCUT2D eigenvalue weighted by atomic mass is 16.5. The van der Waals surface area contributed by atoms with Crippen molar-refractivity contribution in [1.82, 2.24) is 20.7 Å². The quantitative estimate of drug-likeness (QED) is 0.616. The molecular formula is C22H26N4O4. The maximum Gasteiger partial charge on any atom is 0.344 e. The molecule has 8 nitrogen and oxygen atoms in total. The largest absolute Gasteiger partial charge is 0.492 e. The Kier molecular flexibility index (Phi) is 6.68. The van der Waals surface area contributed by atoms with E-state index < -0.39 is 23.4 Å². The first-order valence-electron chi connectivity index (χ1n) is 9.84. The number of benzene rings is 2. The molecule has 4 amide bonds. The smallest absolute Gasteiger partial charge is 0.344 e. The summed E-state index contributed by atoms with van der Waals surface area (Å²) < 4.78 is 5.61. The first kappa shape index (κ1) is 21.3. The van der Waals surface area contributed by atoms with Crippen molar-refractivity contribution < 1.29 is 19.1 Å². The average molecular weight is 410 g/mol. The minimum absolute atomic E-state index is 0.0136. The highest BCUT2D eigenvalue weighted by Crippen LogP contribution is 2.31. The van der Waals surface area contributed by atoms with Crippen LogP contribution in [0.3, 0.4) is 0 Å². The van der Waals surface area contributed by atoms with Gasteiger partial charge in [0.2, 0.25) is 0 Å². The van der Waals surface area contributed by atoms with E-state index in [1.54, 1.807) is 36.2 Å². The molecule has 0 radical (unpaired) electrons. The lowest BCUT2D eigenvalue weighted by Gasteiger charge is -2.25. The average Bonchev–Trinajstić information content (AvgIpc) is 3.00. The van der Waals surface area contributed by atoms with Gasteiger partial charge in [0.25, 0.3) is 11.8 Å². The lowest BCUT2D eigenvalue weighted by Crippen LogP contribution is -2.51. The highest BCUT2D eigenvalue weighted by Gasteiger charge is 2.52. The zero-order valence-corrected chi connectivity index (χ0v) is 17.1. The maximum atomic E-state index is 13.0. The van der Waals surface area contributed by atoms with Crippen molar-refractivity contribution in [3.8, 4) is 5.75 Å². The van der Waals surface area contributed by atoms with E-state index in [2.05, 4.69) is 10.7 Å². The van der Waals surface area contributed by atoms with Gasteiger partial charge in [0, 0.05) is 6.54 Å². The lowest BCUT2D eigenvalue weighted by atomic mass is 9.87. The molecule has 0 bridgehead atoms.